The zero-order valence-electron chi connectivity index (χ0n) is 7.51. The molecule has 0 heteroatoms. The topological polar surface area (TPSA) is 0 Å². The lowest BCUT2D eigenvalue weighted by atomic mass is 9.97. The van der Waals surface area contributed by atoms with Crippen LogP contribution in [0.1, 0.15) is 36.0 Å². The molecular weight excluding hydrogens is 144 g/mol. The molecule has 1 aromatic carbocycles. The third-order valence-electron chi connectivity index (χ3n) is 2.79. The minimum Gasteiger partial charge on any atom is -0.0985 e. The molecule has 62 valence electrons. The fourth-order valence-electron chi connectivity index (χ4n) is 2.15. The fourth-order valence-corrected chi connectivity index (χ4v) is 2.15. The molecule has 0 aromatic heterocycles. The summed E-state index contributed by atoms with van der Waals surface area (Å²) in [5, 5.41) is 0. The van der Waals surface area contributed by atoms with E-state index in [0.29, 0.717) is 0 Å². The van der Waals surface area contributed by atoms with Crippen molar-refractivity contribution < 1.29 is 0 Å². The highest BCUT2D eigenvalue weighted by Crippen LogP contribution is 2.35. The van der Waals surface area contributed by atoms with Gasteiger partial charge in [0.05, 0.1) is 0 Å². The molecule has 1 atom stereocenters. The third kappa shape index (κ3) is 0.989. The molecule has 0 amide bonds. The summed E-state index contributed by atoms with van der Waals surface area (Å²) in [5.41, 5.74) is 4.39. The Morgan fingerprint density at radius 1 is 1.50 bits per heavy atom. The molecule has 0 saturated heterocycles. The lowest BCUT2D eigenvalue weighted by molar-refractivity contribution is 0.746. The van der Waals surface area contributed by atoms with Crippen molar-refractivity contribution in [2.45, 2.75) is 25.7 Å². The van der Waals surface area contributed by atoms with E-state index in [9.17, 15) is 0 Å². The molecule has 0 spiro atoms. The van der Waals surface area contributed by atoms with Crippen LogP contribution in [-0.2, 0) is 6.42 Å². The molecule has 12 heavy (non-hydrogen) atoms. The Bertz CT molecular complexity index is 310. The van der Waals surface area contributed by atoms with E-state index in [1.54, 1.807) is 0 Å². The van der Waals surface area contributed by atoms with Crippen molar-refractivity contribution in [2.24, 2.45) is 0 Å². The van der Waals surface area contributed by atoms with E-state index in [1.807, 2.05) is 6.08 Å². The van der Waals surface area contributed by atoms with Crippen molar-refractivity contribution in [2.75, 3.05) is 0 Å². The van der Waals surface area contributed by atoms with Gasteiger partial charge in [0.1, 0.15) is 0 Å². The molecule has 0 nitrogen and oxygen atoms in total. The molecule has 0 aliphatic heterocycles. The molecular formula is C12H14. The summed E-state index contributed by atoms with van der Waals surface area (Å²) in [6.07, 6.45) is 4.53. The Hall–Kier alpha value is -1.04. The van der Waals surface area contributed by atoms with E-state index in [2.05, 4.69) is 31.7 Å². The van der Waals surface area contributed by atoms with Gasteiger partial charge in [-0.15, -0.1) is 0 Å². The normalized spacial score (nSPS) is 20.6. The van der Waals surface area contributed by atoms with Crippen LogP contribution < -0.4 is 0 Å². The van der Waals surface area contributed by atoms with Crippen LogP contribution in [0.4, 0.5) is 0 Å². The monoisotopic (exact) mass is 158 g/mol. The molecule has 1 aliphatic rings. The minimum atomic E-state index is 0.731. The van der Waals surface area contributed by atoms with Crippen molar-refractivity contribution >= 4 is 6.08 Å². The van der Waals surface area contributed by atoms with Crippen LogP contribution in [0.5, 0.6) is 0 Å². The van der Waals surface area contributed by atoms with E-state index in [-0.39, 0.29) is 0 Å². The van der Waals surface area contributed by atoms with Crippen LogP contribution >= 0.6 is 0 Å². The zero-order valence-corrected chi connectivity index (χ0v) is 7.51. The Labute approximate surface area is 73.9 Å². The first kappa shape index (κ1) is 7.60. The highest BCUT2D eigenvalue weighted by atomic mass is 14.2. The quantitative estimate of drug-likeness (QED) is 0.587. The van der Waals surface area contributed by atoms with Gasteiger partial charge in [-0.3, -0.25) is 0 Å². The summed E-state index contributed by atoms with van der Waals surface area (Å²) >= 11 is 0. The molecule has 0 heterocycles. The van der Waals surface area contributed by atoms with E-state index >= 15 is 0 Å². The molecule has 0 bridgehead atoms. The molecule has 0 saturated carbocycles. The summed E-state index contributed by atoms with van der Waals surface area (Å²) in [5.74, 6) is 0.731. The Balaban J connectivity index is 2.60. The maximum atomic E-state index is 3.84. The largest absolute Gasteiger partial charge is 0.0985 e. The summed E-state index contributed by atoms with van der Waals surface area (Å²) in [7, 11) is 0. The summed E-state index contributed by atoms with van der Waals surface area (Å²) in [4.78, 5) is 0. The van der Waals surface area contributed by atoms with Gasteiger partial charge in [0.15, 0.2) is 0 Å². The maximum absolute atomic E-state index is 3.84. The van der Waals surface area contributed by atoms with Crippen LogP contribution in [0.3, 0.4) is 0 Å². The SMILES string of the molecule is C=Cc1cccc2c1C(C)CC2. The molecule has 1 aliphatic carbocycles. The van der Waals surface area contributed by atoms with E-state index < -0.39 is 0 Å². The van der Waals surface area contributed by atoms with Gasteiger partial charge in [0.25, 0.3) is 0 Å². The number of aryl methyl sites for hydroxylation is 1. The van der Waals surface area contributed by atoms with Crippen molar-refractivity contribution in [1.82, 2.24) is 0 Å². The van der Waals surface area contributed by atoms with Gasteiger partial charge in [0.2, 0.25) is 0 Å². The average molecular weight is 158 g/mol. The molecule has 1 unspecified atom stereocenters. The van der Waals surface area contributed by atoms with Crippen LogP contribution in [0.15, 0.2) is 24.8 Å². The summed E-state index contributed by atoms with van der Waals surface area (Å²) < 4.78 is 0. The van der Waals surface area contributed by atoms with Gasteiger partial charge >= 0.3 is 0 Å². The van der Waals surface area contributed by atoms with Crippen molar-refractivity contribution in [3.05, 3.63) is 41.5 Å². The zero-order chi connectivity index (χ0) is 8.55. The second-order valence-corrected chi connectivity index (χ2v) is 3.56. The van der Waals surface area contributed by atoms with Crippen LogP contribution in [0.25, 0.3) is 6.08 Å². The van der Waals surface area contributed by atoms with Crippen molar-refractivity contribution in [1.29, 1.82) is 0 Å². The van der Waals surface area contributed by atoms with Gasteiger partial charge in [-0.25, -0.2) is 0 Å². The number of hydrogen-bond donors (Lipinski definition) is 0. The number of hydrogen-bond acceptors (Lipinski definition) is 0. The average Bonchev–Trinajstić information content (AvgIpc) is 2.48. The molecule has 0 radical (unpaired) electrons. The van der Waals surface area contributed by atoms with Crippen molar-refractivity contribution in [3.63, 3.8) is 0 Å². The second kappa shape index (κ2) is 2.78. The van der Waals surface area contributed by atoms with Crippen LogP contribution in [0, 0.1) is 0 Å². The predicted molar refractivity (Wildman–Crippen MR) is 53.3 cm³/mol. The van der Waals surface area contributed by atoms with Crippen LogP contribution in [0.2, 0.25) is 0 Å². The molecule has 0 N–H and O–H groups in total. The Kier molecular flexibility index (Phi) is 1.76. The van der Waals surface area contributed by atoms with E-state index in [0.717, 1.165) is 5.92 Å². The first-order valence-corrected chi connectivity index (χ1v) is 4.57. The molecule has 0 fully saturated rings. The minimum absolute atomic E-state index is 0.731. The first-order valence-electron chi connectivity index (χ1n) is 4.57. The Morgan fingerprint density at radius 2 is 2.33 bits per heavy atom. The van der Waals surface area contributed by atoms with E-state index in [1.165, 1.54) is 29.5 Å². The lowest BCUT2D eigenvalue weighted by Gasteiger charge is -2.07. The smallest absolute Gasteiger partial charge is 0.0179 e. The van der Waals surface area contributed by atoms with Gasteiger partial charge < -0.3 is 0 Å². The third-order valence-corrected chi connectivity index (χ3v) is 2.79. The van der Waals surface area contributed by atoms with Gasteiger partial charge in [-0.1, -0.05) is 37.8 Å². The highest BCUT2D eigenvalue weighted by Gasteiger charge is 2.19. The predicted octanol–water partition coefficient (Wildman–Crippen LogP) is 3.38. The number of benzene rings is 1. The number of fused-ring (bicyclic) bond motifs is 1. The molecule has 2 rings (SSSR count). The highest BCUT2D eigenvalue weighted by molar-refractivity contribution is 5.57. The lowest BCUT2D eigenvalue weighted by Crippen LogP contribution is -1.90. The van der Waals surface area contributed by atoms with Gasteiger partial charge in [-0.05, 0) is 35.4 Å². The molecule has 1 aromatic rings. The summed E-state index contributed by atoms with van der Waals surface area (Å²) in [6.45, 7) is 6.15. The van der Waals surface area contributed by atoms with Gasteiger partial charge in [-0.2, -0.15) is 0 Å². The number of rotatable bonds is 1. The first-order chi connectivity index (χ1) is 5.83. The van der Waals surface area contributed by atoms with Crippen LogP contribution in [-0.4, -0.2) is 0 Å². The second-order valence-electron chi connectivity index (χ2n) is 3.56. The maximum Gasteiger partial charge on any atom is -0.0179 e. The summed E-state index contributed by atoms with van der Waals surface area (Å²) in [6, 6.07) is 6.54. The fraction of sp³-hybridized carbons (Fsp3) is 0.333. The van der Waals surface area contributed by atoms with Crippen molar-refractivity contribution in [3.8, 4) is 0 Å². The standard InChI is InChI=1S/C12H14/c1-3-10-5-4-6-11-8-7-9(2)12(10)11/h3-6,9H,1,7-8H2,2H3. The Morgan fingerprint density at radius 3 is 3.08 bits per heavy atom. The van der Waals surface area contributed by atoms with E-state index in [4.69, 9.17) is 0 Å². The van der Waals surface area contributed by atoms with Gasteiger partial charge in [0, 0.05) is 0 Å².